The second kappa shape index (κ2) is 4.25. The first kappa shape index (κ1) is 7.09. The summed E-state index contributed by atoms with van der Waals surface area (Å²) in [6.07, 6.45) is 4.09. The van der Waals surface area contributed by atoms with Crippen molar-refractivity contribution in [2.45, 2.75) is 6.92 Å². The predicted molar refractivity (Wildman–Crippen MR) is 37.7 cm³/mol. The first-order valence-electron chi connectivity index (χ1n) is 2.42. The zero-order valence-corrected chi connectivity index (χ0v) is 5.79. The lowest BCUT2D eigenvalue weighted by atomic mass is 10.2. The van der Waals surface area contributed by atoms with E-state index in [2.05, 4.69) is 19.8 Å². The summed E-state index contributed by atoms with van der Waals surface area (Å²) in [6.45, 7) is 5.84. The van der Waals surface area contributed by atoms with Crippen LogP contribution in [0.3, 0.4) is 0 Å². The van der Waals surface area contributed by atoms with Gasteiger partial charge in [-0.2, -0.15) is 11.8 Å². The van der Waals surface area contributed by atoms with Gasteiger partial charge >= 0.3 is 0 Å². The molecule has 0 saturated carbocycles. The molecule has 0 radical (unpaired) electrons. The summed E-state index contributed by atoms with van der Waals surface area (Å²) in [7, 11) is 0. The molecule has 0 spiro atoms. The second-order valence-corrected chi connectivity index (χ2v) is 2.58. The van der Waals surface area contributed by atoms with Crippen molar-refractivity contribution in [3.63, 3.8) is 0 Å². The highest BCUT2D eigenvalue weighted by Crippen LogP contribution is 2.03. The predicted octanol–water partition coefficient (Wildman–Crippen LogP) is 2.17. The van der Waals surface area contributed by atoms with Crippen molar-refractivity contribution in [2.24, 2.45) is 5.92 Å². The fraction of sp³-hybridized carbons (Fsp3) is 0.667. The largest absolute Gasteiger partial charge is 0.165 e. The van der Waals surface area contributed by atoms with Gasteiger partial charge in [-0.25, -0.2) is 0 Å². The van der Waals surface area contributed by atoms with Crippen molar-refractivity contribution in [1.29, 1.82) is 0 Å². The highest BCUT2D eigenvalue weighted by Gasteiger charge is 1.89. The molecule has 1 atom stereocenters. The van der Waals surface area contributed by atoms with Crippen LogP contribution in [0, 0.1) is 5.92 Å². The smallest absolute Gasteiger partial charge is 0.000999 e. The van der Waals surface area contributed by atoms with E-state index < -0.39 is 0 Å². The quantitative estimate of drug-likeness (QED) is 0.509. The van der Waals surface area contributed by atoms with Crippen LogP contribution < -0.4 is 0 Å². The summed E-state index contributed by atoms with van der Waals surface area (Å²) in [6, 6.07) is 0. The Labute approximate surface area is 50.0 Å². The zero-order valence-electron chi connectivity index (χ0n) is 4.98. The standard InChI is InChI=1S/C6H12S/c1-4-6(2)5-7-3/h4,6H,1,5H2,2-3H3. The molecule has 0 aliphatic carbocycles. The average molecular weight is 116 g/mol. The van der Waals surface area contributed by atoms with Crippen molar-refractivity contribution in [2.75, 3.05) is 12.0 Å². The molecule has 0 aliphatic heterocycles. The van der Waals surface area contributed by atoms with E-state index in [-0.39, 0.29) is 0 Å². The van der Waals surface area contributed by atoms with Crippen molar-refractivity contribution < 1.29 is 0 Å². The fourth-order valence-electron chi connectivity index (χ4n) is 0.331. The van der Waals surface area contributed by atoms with Gasteiger partial charge in [-0.15, -0.1) is 6.58 Å². The minimum atomic E-state index is 0.676. The maximum atomic E-state index is 3.67. The molecule has 0 rings (SSSR count). The zero-order chi connectivity index (χ0) is 5.70. The monoisotopic (exact) mass is 116 g/mol. The lowest BCUT2D eigenvalue weighted by Crippen LogP contribution is -1.89. The van der Waals surface area contributed by atoms with Gasteiger partial charge in [-0.3, -0.25) is 0 Å². The minimum Gasteiger partial charge on any atom is -0.165 e. The molecule has 0 aromatic carbocycles. The Morgan fingerprint density at radius 2 is 2.43 bits per heavy atom. The van der Waals surface area contributed by atoms with Crippen LogP contribution in [0.1, 0.15) is 6.92 Å². The van der Waals surface area contributed by atoms with Crippen molar-refractivity contribution in [3.8, 4) is 0 Å². The minimum absolute atomic E-state index is 0.676. The van der Waals surface area contributed by atoms with E-state index in [0.717, 1.165) is 0 Å². The third-order valence-corrected chi connectivity index (χ3v) is 1.69. The number of hydrogen-bond acceptors (Lipinski definition) is 1. The molecule has 0 N–H and O–H groups in total. The van der Waals surface area contributed by atoms with E-state index in [1.54, 1.807) is 0 Å². The van der Waals surface area contributed by atoms with E-state index in [1.165, 1.54) is 5.75 Å². The van der Waals surface area contributed by atoms with Crippen LogP contribution in [0.5, 0.6) is 0 Å². The molecular weight excluding hydrogens is 104 g/mol. The van der Waals surface area contributed by atoms with Crippen LogP contribution in [0.2, 0.25) is 0 Å². The lowest BCUT2D eigenvalue weighted by Gasteiger charge is -1.98. The van der Waals surface area contributed by atoms with Crippen molar-refractivity contribution in [1.82, 2.24) is 0 Å². The Morgan fingerprint density at radius 3 is 2.57 bits per heavy atom. The number of hydrogen-bond donors (Lipinski definition) is 0. The Bertz CT molecular complexity index is 50.1. The molecule has 0 aliphatic rings. The Kier molecular flexibility index (Phi) is 4.31. The molecule has 0 saturated heterocycles. The van der Waals surface area contributed by atoms with Gasteiger partial charge in [0.05, 0.1) is 0 Å². The molecule has 0 amide bonds. The normalized spacial score (nSPS) is 13.4. The molecule has 0 aromatic heterocycles. The number of rotatable bonds is 3. The molecule has 1 unspecified atom stereocenters. The summed E-state index contributed by atoms with van der Waals surface area (Å²) in [5, 5.41) is 0. The highest BCUT2D eigenvalue weighted by atomic mass is 32.2. The lowest BCUT2D eigenvalue weighted by molar-refractivity contribution is 0.851. The fourth-order valence-corrected chi connectivity index (χ4v) is 0.993. The SMILES string of the molecule is C=CC(C)CSC. The summed E-state index contributed by atoms with van der Waals surface area (Å²) >= 11 is 1.86. The molecule has 7 heavy (non-hydrogen) atoms. The summed E-state index contributed by atoms with van der Waals surface area (Å²) < 4.78 is 0. The Balaban J connectivity index is 2.98. The van der Waals surface area contributed by atoms with Crippen LogP contribution in [0.4, 0.5) is 0 Å². The van der Waals surface area contributed by atoms with Crippen molar-refractivity contribution in [3.05, 3.63) is 12.7 Å². The first-order chi connectivity index (χ1) is 3.31. The summed E-state index contributed by atoms with van der Waals surface area (Å²) in [5.74, 6) is 1.87. The van der Waals surface area contributed by atoms with Gasteiger partial charge in [-0.1, -0.05) is 13.0 Å². The third kappa shape index (κ3) is 3.93. The highest BCUT2D eigenvalue weighted by molar-refractivity contribution is 7.98. The van der Waals surface area contributed by atoms with Gasteiger partial charge in [0.1, 0.15) is 0 Å². The van der Waals surface area contributed by atoms with Crippen LogP contribution in [-0.2, 0) is 0 Å². The van der Waals surface area contributed by atoms with Gasteiger partial charge in [0, 0.05) is 0 Å². The summed E-state index contributed by atoms with van der Waals surface area (Å²) in [4.78, 5) is 0. The van der Waals surface area contributed by atoms with Gasteiger partial charge in [0.15, 0.2) is 0 Å². The van der Waals surface area contributed by atoms with Gasteiger partial charge in [0.2, 0.25) is 0 Å². The molecule has 0 heterocycles. The number of allylic oxidation sites excluding steroid dienone is 1. The van der Waals surface area contributed by atoms with Gasteiger partial charge in [-0.05, 0) is 17.9 Å². The molecule has 0 aromatic rings. The van der Waals surface area contributed by atoms with Crippen molar-refractivity contribution >= 4 is 11.8 Å². The molecule has 0 nitrogen and oxygen atoms in total. The Morgan fingerprint density at radius 1 is 1.86 bits per heavy atom. The maximum Gasteiger partial charge on any atom is -0.000999 e. The van der Waals surface area contributed by atoms with E-state index in [9.17, 15) is 0 Å². The molecule has 0 fully saturated rings. The Hall–Kier alpha value is 0.0900. The molecule has 1 heteroatoms. The topological polar surface area (TPSA) is 0 Å². The summed E-state index contributed by atoms with van der Waals surface area (Å²) in [5.41, 5.74) is 0. The van der Waals surface area contributed by atoms with Crippen LogP contribution in [0.25, 0.3) is 0 Å². The van der Waals surface area contributed by atoms with E-state index in [4.69, 9.17) is 0 Å². The van der Waals surface area contributed by atoms with E-state index in [0.29, 0.717) is 5.92 Å². The molecule has 0 bridgehead atoms. The van der Waals surface area contributed by atoms with Crippen LogP contribution in [0.15, 0.2) is 12.7 Å². The average Bonchev–Trinajstić information content (AvgIpc) is 1.68. The number of thioether (sulfide) groups is 1. The maximum absolute atomic E-state index is 3.67. The molecule has 42 valence electrons. The first-order valence-corrected chi connectivity index (χ1v) is 3.82. The van der Waals surface area contributed by atoms with Gasteiger partial charge in [0.25, 0.3) is 0 Å². The second-order valence-electron chi connectivity index (χ2n) is 1.67. The molecular formula is C6H12S. The third-order valence-electron chi connectivity index (χ3n) is 0.832. The van der Waals surface area contributed by atoms with Crippen LogP contribution >= 0.6 is 11.8 Å². The van der Waals surface area contributed by atoms with Gasteiger partial charge < -0.3 is 0 Å². The van der Waals surface area contributed by atoms with E-state index in [1.807, 2.05) is 17.8 Å². The van der Waals surface area contributed by atoms with E-state index >= 15 is 0 Å². The van der Waals surface area contributed by atoms with Crippen LogP contribution in [-0.4, -0.2) is 12.0 Å².